The molecule has 0 unspecified atom stereocenters. The molecule has 7 heteroatoms. The van der Waals surface area contributed by atoms with Gasteiger partial charge in [0, 0.05) is 0 Å². The first kappa shape index (κ1) is 13.0. The summed E-state index contributed by atoms with van der Waals surface area (Å²) in [6.07, 6.45) is -0.297. The third-order valence-corrected chi connectivity index (χ3v) is 2.18. The van der Waals surface area contributed by atoms with E-state index in [0.29, 0.717) is 5.56 Å². The van der Waals surface area contributed by atoms with Gasteiger partial charge in [-0.15, -0.1) is 0 Å². The molecular weight excluding hydrogens is 265 g/mol. The number of aliphatic carboxylic acids is 1. The molecule has 0 aromatic heterocycles. The minimum absolute atomic E-state index is 0.149. The maximum Gasteiger partial charge on any atom is 0.387 e. The summed E-state index contributed by atoms with van der Waals surface area (Å²) < 4.78 is 28.0. The van der Waals surface area contributed by atoms with Crippen LogP contribution in [-0.2, 0) is 11.2 Å². The monoisotopic (exact) mass is 270 g/mol. The second kappa shape index (κ2) is 5.32. The summed E-state index contributed by atoms with van der Waals surface area (Å²) in [5.74, 6) is -1.43. The summed E-state index contributed by atoms with van der Waals surface area (Å²) in [7, 11) is 0. The van der Waals surface area contributed by atoms with Crippen molar-refractivity contribution in [3.63, 3.8) is 0 Å². The molecule has 0 spiro atoms. The number of hydrogen-bond donors (Lipinski definition) is 1. The molecular formula is C9H6Cl2F2O3. The predicted octanol–water partition coefficient (Wildman–Crippen LogP) is 3.22. The highest BCUT2D eigenvalue weighted by molar-refractivity contribution is 6.37. The van der Waals surface area contributed by atoms with Crippen molar-refractivity contribution in [1.29, 1.82) is 0 Å². The third-order valence-electron chi connectivity index (χ3n) is 1.62. The predicted molar refractivity (Wildman–Crippen MR) is 54.4 cm³/mol. The minimum atomic E-state index is -3.04. The van der Waals surface area contributed by atoms with Crippen LogP contribution in [0.4, 0.5) is 8.78 Å². The lowest BCUT2D eigenvalue weighted by molar-refractivity contribution is -0.136. The Morgan fingerprint density at radius 2 is 1.88 bits per heavy atom. The van der Waals surface area contributed by atoms with Crippen molar-refractivity contribution in [2.75, 3.05) is 0 Å². The Morgan fingerprint density at radius 1 is 1.38 bits per heavy atom. The van der Waals surface area contributed by atoms with E-state index in [0.717, 1.165) is 0 Å². The number of carbonyl (C=O) groups is 1. The van der Waals surface area contributed by atoms with Gasteiger partial charge in [0.05, 0.1) is 16.5 Å². The molecule has 0 radical (unpaired) electrons. The maximum atomic E-state index is 12.0. The molecule has 0 saturated heterocycles. The van der Waals surface area contributed by atoms with Crippen LogP contribution in [0.3, 0.4) is 0 Å². The first-order chi connectivity index (χ1) is 7.40. The molecule has 0 bridgehead atoms. The van der Waals surface area contributed by atoms with Crippen molar-refractivity contribution in [2.24, 2.45) is 0 Å². The summed E-state index contributed by atoms with van der Waals surface area (Å²) >= 11 is 11.3. The van der Waals surface area contributed by atoms with Crippen molar-refractivity contribution >= 4 is 29.2 Å². The molecule has 0 heterocycles. The average Bonchev–Trinajstić information content (AvgIpc) is 2.10. The summed E-state index contributed by atoms with van der Waals surface area (Å²) in [6, 6.07) is 2.44. The molecule has 1 N–H and O–H groups in total. The van der Waals surface area contributed by atoms with Crippen molar-refractivity contribution < 1.29 is 23.4 Å². The molecule has 1 rings (SSSR count). The summed E-state index contributed by atoms with van der Waals surface area (Å²) in [6.45, 7) is -3.04. The Morgan fingerprint density at radius 3 is 2.25 bits per heavy atom. The van der Waals surface area contributed by atoms with Gasteiger partial charge in [-0.25, -0.2) is 0 Å². The smallest absolute Gasteiger partial charge is 0.387 e. The van der Waals surface area contributed by atoms with Gasteiger partial charge < -0.3 is 9.84 Å². The fourth-order valence-electron chi connectivity index (χ4n) is 1.09. The number of rotatable bonds is 4. The number of halogens is 4. The molecule has 0 saturated carbocycles. The quantitative estimate of drug-likeness (QED) is 0.914. The van der Waals surface area contributed by atoms with Crippen molar-refractivity contribution in [1.82, 2.24) is 0 Å². The van der Waals surface area contributed by atoms with E-state index >= 15 is 0 Å². The van der Waals surface area contributed by atoms with Gasteiger partial charge in [0.2, 0.25) is 0 Å². The van der Waals surface area contributed by atoms with E-state index in [-0.39, 0.29) is 22.2 Å². The fourth-order valence-corrected chi connectivity index (χ4v) is 1.71. The second-order valence-electron chi connectivity index (χ2n) is 2.84. The van der Waals surface area contributed by atoms with E-state index in [4.69, 9.17) is 28.3 Å². The topological polar surface area (TPSA) is 46.5 Å². The number of carboxylic acid groups (broad SMARTS) is 1. The molecule has 0 amide bonds. The van der Waals surface area contributed by atoms with E-state index in [1.54, 1.807) is 0 Å². The Bertz CT molecular complexity index is 387. The molecule has 1 aromatic rings. The largest absolute Gasteiger partial charge is 0.481 e. The molecule has 0 aliphatic carbocycles. The van der Waals surface area contributed by atoms with Crippen LogP contribution in [0.5, 0.6) is 5.75 Å². The summed E-state index contributed by atoms with van der Waals surface area (Å²) in [5, 5.41) is 8.23. The SMILES string of the molecule is O=C(O)Cc1cc(Cl)c(OC(F)F)c(Cl)c1. The highest BCUT2D eigenvalue weighted by Crippen LogP contribution is 2.35. The van der Waals surface area contributed by atoms with Crippen LogP contribution in [0, 0.1) is 0 Å². The van der Waals surface area contributed by atoms with Crippen molar-refractivity contribution in [3.05, 3.63) is 27.7 Å². The lowest BCUT2D eigenvalue weighted by Gasteiger charge is -2.09. The average molecular weight is 271 g/mol. The lowest BCUT2D eigenvalue weighted by Crippen LogP contribution is -2.04. The Kier molecular flexibility index (Phi) is 4.32. The van der Waals surface area contributed by atoms with E-state index < -0.39 is 12.6 Å². The molecule has 1 aromatic carbocycles. The summed E-state index contributed by atoms with van der Waals surface area (Å²) in [5.41, 5.74) is 0.309. The van der Waals surface area contributed by atoms with Crippen LogP contribution in [0.2, 0.25) is 10.0 Å². The number of hydrogen-bond acceptors (Lipinski definition) is 2. The maximum absolute atomic E-state index is 12.0. The van der Waals surface area contributed by atoms with Gasteiger partial charge in [-0.05, 0) is 17.7 Å². The lowest BCUT2D eigenvalue weighted by atomic mass is 10.1. The van der Waals surface area contributed by atoms with Crippen LogP contribution in [-0.4, -0.2) is 17.7 Å². The number of carboxylic acids is 1. The number of alkyl halides is 2. The highest BCUT2D eigenvalue weighted by atomic mass is 35.5. The van der Waals surface area contributed by atoms with Gasteiger partial charge in [-0.3, -0.25) is 4.79 Å². The van der Waals surface area contributed by atoms with E-state index in [1.807, 2.05) is 0 Å². The van der Waals surface area contributed by atoms with Gasteiger partial charge in [0.25, 0.3) is 0 Å². The molecule has 16 heavy (non-hydrogen) atoms. The third kappa shape index (κ3) is 3.50. The van der Waals surface area contributed by atoms with Crippen LogP contribution in [0.25, 0.3) is 0 Å². The standard InChI is InChI=1S/C9H6Cl2F2O3/c10-5-1-4(3-7(14)15)2-6(11)8(5)16-9(12)13/h1-2,9H,3H2,(H,14,15). The van der Waals surface area contributed by atoms with E-state index in [1.165, 1.54) is 12.1 Å². The Hall–Kier alpha value is -1.07. The van der Waals surface area contributed by atoms with Gasteiger partial charge in [0.15, 0.2) is 5.75 Å². The zero-order valence-corrected chi connectivity index (χ0v) is 9.23. The first-order valence-corrected chi connectivity index (χ1v) is 4.80. The normalized spacial score (nSPS) is 10.6. The van der Waals surface area contributed by atoms with Crippen LogP contribution in [0.15, 0.2) is 12.1 Å². The van der Waals surface area contributed by atoms with Gasteiger partial charge in [0.1, 0.15) is 0 Å². The van der Waals surface area contributed by atoms with Crippen LogP contribution < -0.4 is 4.74 Å². The van der Waals surface area contributed by atoms with E-state index in [2.05, 4.69) is 4.74 Å². The highest BCUT2D eigenvalue weighted by Gasteiger charge is 2.15. The van der Waals surface area contributed by atoms with Crippen LogP contribution in [0.1, 0.15) is 5.56 Å². The van der Waals surface area contributed by atoms with Gasteiger partial charge >= 0.3 is 12.6 Å². The van der Waals surface area contributed by atoms with Gasteiger partial charge in [-0.2, -0.15) is 8.78 Å². The first-order valence-electron chi connectivity index (χ1n) is 4.04. The fraction of sp³-hybridized carbons (Fsp3) is 0.222. The summed E-state index contributed by atoms with van der Waals surface area (Å²) in [4.78, 5) is 10.4. The van der Waals surface area contributed by atoms with Gasteiger partial charge in [-0.1, -0.05) is 23.2 Å². The Balaban J connectivity index is 3.02. The molecule has 0 atom stereocenters. The van der Waals surface area contributed by atoms with E-state index in [9.17, 15) is 13.6 Å². The zero-order valence-electron chi connectivity index (χ0n) is 7.71. The molecule has 0 aliphatic rings. The van der Waals surface area contributed by atoms with Crippen molar-refractivity contribution in [2.45, 2.75) is 13.0 Å². The van der Waals surface area contributed by atoms with Crippen LogP contribution >= 0.6 is 23.2 Å². The number of benzene rings is 1. The second-order valence-corrected chi connectivity index (χ2v) is 3.65. The Labute approximate surface area is 99.5 Å². The zero-order chi connectivity index (χ0) is 12.3. The molecule has 0 aliphatic heterocycles. The number of ether oxygens (including phenoxy) is 1. The minimum Gasteiger partial charge on any atom is -0.481 e. The molecule has 3 nitrogen and oxygen atoms in total. The molecule has 88 valence electrons. The van der Waals surface area contributed by atoms with Crippen molar-refractivity contribution in [3.8, 4) is 5.75 Å². The molecule has 0 fully saturated rings.